The summed E-state index contributed by atoms with van der Waals surface area (Å²) in [5, 5.41) is 12.0. The van der Waals surface area contributed by atoms with Crippen LogP contribution in [0.5, 0.6) is 0 Å². The molecule has 0 amide bonds. The third-order valence-electron chi connectivity index (χ3n) is 1.70. The minimum Gasteiger partial charge on any atom is -0.390 e. The predicted octanol–water partition coefficient (Wildman–Crippen LogP) is 0.339. The van der Waals surface area contributed by atoms with E-state index in [0.29, 0.717) is 5.92 Å². The molecule has 1 aliphatic heterocycles. The number of nitrogens with zero attached hydrogens (tertiary/aromatic N) is 1. The molecule has 0 unspecified atom stereocenters. The van der Waals surface area contributed by atoms with Gasteiger partial charge in [-0.2, -0.15) is 0 Å². The molecule has 1 rings (SSSR count). The molecule has 0 aromatic carbocycles. The molecule has 0 atom stereocenters. The lowest BCUT2D eigenvalue weighted by atomic mass is 10.2. The largest absolute Gasteiger partial charge is 0.390 e. The van der Waals surface area contributed by atoms with E-state index in [9.17, 15) is 0 Å². The normalized spacial score (nSPS) is 17.1. The standard InChI is InChI=1S/C8H16N2O/c1-7(2)4-10-6-9-3-8(10)5-11/h3,7,9,11H,4-6H2,1-2H3. The molecule has 1 aliphatic rings. The summed E-state index contributed by atoms with van der Waals surface area (Å²) in [5.74, 6) is 0.643. The summed E-state index contributed by atoms with van der Waals surface area (Å²) in [5.41, 5.74) is 0.999. The summed E-state index contributed by atoms with van der Waals surface area (Å²) in [6, 6.07) is 0. The highest BCUT2D eigenvalue weighted by molar-refractivity contribution is 5.05. The molecule has 0 aromatic heterocycles. The number of aliphatic hydroxyl groups is 1. The second-order valence-corrected chi connectivity index (χ2v) is 3.27. The van der Waals surface area contributed by atoms with Crippen LogP contribution in [0, 0.1) is 5.92 Å². The molecular weight excluding hydrogens is 140 g/mol. The van der Waals surface area contributed by atoms with Crippen molar-refractivity contribution in [3.8, 4) is 0 Å². The Kier molecular flexibility index (Phi) is 2.76. The SMILES string of the molecule is CC(C)CN1CNC=C1CO. The monoisotopic (exact) mass is 156 g/mol. The molecule has 11 heavy (non-hydrogen) atoms. The van der Waals surface area contributed by atoms with Crippen LogP contribution in [0.25, 0.3) is 0 Å². The van der Waals surface area contributed by atoms with Crippen molar-refractivity contribution < 1.29 is 5.11 Å². The number of hydrogen-bond donors (Lipinski definition) is 2. The molecule has 3 heteroatoms. The maximum absolute atomic E-state index is 8.90. The van der Waals surface area contributed by atoms with Crippen molar-refractivity contribution in [2.24, 2.45) is 5.92 Å². The third-order valence-corrected chi connectivity index (χ3v) is 1.70. The zero-order valence-corrected chi connectivity index (χ0v) is 7.17. The molecule has 0 aromatic rings. The number of aliphatic hydroxyl groups excluding tert-OH is 1. The predicted molar refractivity (Wildman–Crippen MR) is 44.7 cm³/mol. The van der Waals surface area contributed by atoms with Crippen molar-refractivity contribution in [1.29, 1.82) is 0 Å². The van der Waals surface area contributed by atoms with Crippen molar-refractivity contribution >= 4 is 0 Å². The van der Waals surface area contributed by atoms with Crippen molar-refractivity contribution in [1.82, 2.24) is 10.2 Å². The minimum atomic E-state index is 0.139. The van der Waals surface area contributed by atoms with Crippen molar-refractivity contribution in [2.45, 2.75) is 13.8 Å². The van der Waals surface area contributed by atoms with Gasteiger partial charge in [-0.3, -0.25) is 0 Å². The maximum atomic E-state index is 8.90. The van der Waals surface area contributed by atoms with E-state index in [0.717, 1.165) is 18.9 Å². The van der Waals surface area contributed by atoms with Crippen molar-refractivity contribution in [3.63, 3.8) is 0 Å². The van der Waals surface area contributed by atoms with E-state index in [2.05, 4.69) is 24.1 Å². The van der Waals surface area contributed by atoms with E-state index >= 15 is 0 Å². The van der Waals surface area contributed by atoms with E-state index in [1.807, 2.05) is 6.20 Å². The van der Waals surface area contributed by atoms with Crippen LogP contribution >= 0.6 is 0 Å². The smallest absolute Gasteiger partial charge is 0.0870 e. The summed E-state index contributed by atoms with van der Waals surface area (Å²) in [6.45, 7) is 6.34. The zero-order valence-electron chi connectivity index (χ0n) is 7.17. The van der Waals surface area contributed by atoms with Crippen molar-refractivity contribution in [2.75, 3.05) is 19.8 Å². The number of nitrogens with one attached hydrogen (secondary N) is 1. The van der Waals surface area contributed by atoms with Gasteiger partial charge in [0.15, 0.2) is 0 Å². The van der Waals surface area contributed by atoms with Gasteiger partial charge < -0.3 is 15.3 Å². The molecule has 0 aliphatic carbocycles. The lowest BCUT2D eigenvalue weighted by Gasteiger charge is -2.21. The van der Waals surface area contributed by atoms with Gasteiger partial charge in [0.1, 0.15) is 0 Å². The van der Waals surface area contributed by atoms with Crippen LogP contribution in [0.1, 0.15) is 13.8 Å². The fourth-order valence-corrected chi connectivity index (χ4v) is 1.23. The lowest BCUT2D eigenvalue weighted by Crippen LogP contribution is -2.28. The van der Waals surface area contributed by atoms with Gasteiger partial charge in [-0.25, -0.2) is 0 Å². The fourth-order valence-electron chi connectivity index (χ4n) is 1.23. The van der Waals surface area contributed by atoms with Crippen LogP contribution in [0.2, 0.25) is 0 Å². The summed E-state index contributed by atoms with van der Waals surface area (Å²) in [4.78, 5) is 2.16. The highest BCUT2D eigenvalue weighted by atomic mass is 16.3. The summed E-state index contributed by atoms with van der Waals surface area (Å²) >= 11 is 0. The van der Waals surface area contributed by atoms with Gasteiger partial charge in [0.2, 0.25) is 0 Å². The summed E-state index contributed by atoms with van der Waals surface area (Å²) < 4.78 is 0. The van der Waals surface area contributed by atoms with Crippen LogP contribution < -0.4 is 5.32 Å². The average molecular weight is 156 g/mol. The second-order valence-electron chi connectivity index (χ2n) is 3.27. The van der Waals surface area contributed by atoms with Gasteiger partial charge in [0, 0.05) is 12.7 Å². The Morgan fingerprint density at radius 1 is 1.73 bits per heavy atom. The Morgan fingerprint density at radius 2 is 2.45 bits per heavy atom. The first kappa shape index (κ1) is 8.40. The second kappa shape index (κ2) is 3.62. The average Bonchev–Trinajstić information content (AvgIpc) is 2.34. The first-order chi connectivity index (χ1) is 5.24. The Hall–Kier alpha value is -0.700. The molecule has 0 spiro atoms. The molecule has 3 nitrogen and oxygen atoms in total. The topological polar surface area (TPSA) is 35.5 Å². The fraction of sp³-hybridized carbons (Fsp3) is 0.750. The Bertz CT molecular complexity index is 154. The van der Waals surface area contributed by atoms with Gasteiger partial charge in [-0.15, -0.1) is 0 Å². The molecule has 0 saturated heterocycles. The highest BCUT2D eigenvalue weighted by Crippen LogP contribution is 2.09. The first-order valence-corrected chi connectivity index (χ1v) is 4.02. The summed E-state index contributed by atoms with van der Waals surface area (Å²) in [6.07, 6.45) is 1.88. The van der Waals surface area contributed by atoms with E-state index < -0.39 is 0 Å². The molecule has 64 valence electrons. The maximum Gasteiger partial charge on any atom is 0.0870 e. The van der Waals surface area contributed by atoms with E-state index in [-0.39, 0.29) is 6.61 Å². The Morgan fingerprint density at radius 3 is 3.00 bits per heavy atom. The molecule has 2 N–H and O–H groups in total. The number of hydrogen-bond acceptors (Lipinski definition) is 3. The molecular formula is C8H16N2O. The van der Waals surface area contributed by atoms with Gasteiger partial charge in [0.05, 0.1) is 19.0 Å². The zero-order chi connectivity index (χ0) is 8.27. The van der Waals surface area contributed by atoms with Gasteiger partial charge >= 0.3 is 0 Å². The third kappa shape index (κ3) is 2.12. The van der Waals surface area contributed by atoms with Crippen LogP contribution in [0.4, 0.5) is 0 Å². The summed E-state index contributed by atoms with van der Waals surface area (Å²) in [7, 11) is 0. The molecule has 0 saturated carbocycles. The Labute approximate surface area is 67.7 Å². The molecule has 0 fully saturated rings. The lowest BCUT2D eigenvalue weighted by molar-refractivity contribution is 0.248. The Balaban J connectivity index is 2.40. The minimum absolute atomic E-state index is 0.139. The number of rotatable bonds is 3. The first-order valence-electron chi connectivity index (χ1n) is 4.02. The van der Waals surface area contributed by atoms with Crippen LogP contribution in [0.15, 0.2) is 11.9 Å². The molecule has 0 radical (unpaired) electrons. The van der Waals surface area contributed by atoms with Gasteiger partial charge in [-0.05, 0) is 5.92 Å². The van der Waals surface area contributed by atoms with Crippen LogP contribution in [-0.4, -0.2) is 29.8 Å². The van der Waals surface area contributed by atoms with Crippen LogP contribution in [-0.2, 0) is 0 Å². The van der Waals surface area contributed by atoms with Gasteiger partial charge in [-0.1, -0.05) is 13.8 Å². The van der Waals surface area contributed by atoms with Crippen molar-refractivity contribution in [3.05, 3.63) is 11.9 Å². The molecule has 0 bridgehead atoms. The van der Waals surface area contributed by atoms with E-state index in [1.54, 1.807) is 0 Å². The molecule has 1 heterocycles. The highest BCUT2D eigenvalue weighted by Gasteiger charge is 2.13. The van der Waals surface area contributed by atoms with Crippen LogP contribution in [0.3, 0.4) is 0 Å². The van der Waals surface area contributed by atoms with E-state index in [1.165, 1.54) is 0 Å². The van der Waals surface area contributed by atoms with E-state index in [4.69, 9.17) is 5.11 Å². The quantitative estimate of drug-likeness (QED) is 0.618. The van der Waals surface area contributed by atoms with Gasteiger partial charge in [0.25, 0.3) is 0 Å².